The molecule has 0 bridgehead atoms. The van der Waals surface area contributed by atoms with Crippen LogP contribution < -0.4 is 10.9 Å². The van der Waals surface area contributed by atoms with Gasteiger partial charge in [0.25, 0.3) is 5.91 Å². The Morgan fingerprint density at radius 2 is 1.70 bits per heavy atom. The number of rotatable bonds is 4. The fraction of sp³-hybridized carbons (Fsp3) is 0.0625. The Kier molecular flexibility index (Phi) is 4.50. The summed E-state index contributed by atoms with van der Waals surface area (Å²) >= 11 is 0. The number of benzene rings is 2. The van der Waals surface area contributed by atoms with Crippen molar-refractivity contribution in [3.63, 3.8) is 0 Å². The van der Waals surface area contributed by atoms with Gasteiger partial charge in [0.15, 0.2) is 0 Å². The predicted molar refractivity (Wildman–Crippen MR) is 78.4 cm³/mol. The molecule has 2 aromatic carbocycles. The zero-order valence-electron chi connectivity index (χ0n) is 11.1. The minimum absolute atomic E-state index is 0.282. The first-order chi connectivity index (χ1) is 9.63. The highest BCUT2D eigenvalue weighted by Gasteiger charge is 1.96. The van der Waals surface area contributed by atoms with Crippen molar-refractivity contribution in [2.45, 2.75) is 6.92 Å². The maximum atomic E-state index is 12.7. The fourth-order valence-electron chi connectivity index (χ4n) is 1.56. The molecule has 2 N–H and O–H groups in total. The number of hydrogen-bond acceptors (Lipinski definition) is 2. The first kappa shape index (κ1) is 13.8. The fourth-order valence-corrected chi connectivity index (χ4v) is 1.56. The van der Waals surface area contributed by atoms with Crippen molar-refractivity contribution < 1.29 is 9.18 Å². The van der Waals surface area contributed by atoms with E-state index in [1.165, 1.54) is 23.8 Å². The number of amides is 1. The van der Waals surface area contributed by atoms with Crippen molar-refractivity contribution in [1.29, 1.82) is 0 Å². The van der Waals surface area contributed by atoms with Gasteiger partial charge in [-0.05, 0) is 42.8 Å². The van der Waals surface area contributed by atoms with Crippen LogP contribution in [0.1, 0.15) is 11.1 Å². The molecule has 0 atom stereocenters. The third-order valence-corrected chi connectivity index (χ3v) is 2.68. The molecule has 0 saturated heterocycles. The maximum Gasteiger partial charge on any atom is 0.262 e. The van der Waals surface area contributed by atoms with Crippen LogP contribution in [0.5, 0.6) is 0 Å². The molecular formula is C16H15FN2O. The lowest BCUT2D eigenvalue weighted by Gasteiger charge is -2.05. The van der Waals surface area contributed by atoms with Crippen molar-refractivity contribution >= 4 is 17.7 Å². The van der Waals surface area contributed by atoms with Crippen molar-refractivity contribution in [3.05, 3.63) is 71.6 Å². The lowest BCUT2D eigenvalue weighted by Crippen LogP contribution is -2.27. The number of aryl methyl sites for hydroxylation is 1. The second kappa shape index (κ2) is 6.52. The average Bonchev–Trinajstić information content (AvgIpc) is 2.46. The summed E-state index contributed by atoms with van der Waals surface area (Å²) in [5, 5.41) is 0. The van der Waals surface area contributed by atoms with E-state index in [1.54, 1.807) is 18.2 Å². The molecule has 3 nitrogen and oxygen atoms in total. The Bertz CT molecular complexity index is 603. The molecule has 0 spiro atoms. The Morgan fingerprint density at radius 3 is 2.35 bits per heavy atom. The molecule has 0 aliphatic carbocycles. The molecule has 20 heavy (non-hydrogen) atoms. The van der Waals surface area contributed by atoms with Gasteiger partial charge < -0.3 is 0 Å². The summed E-state index contributed by atoms with van der Waals surface area (Å²) in [4.78, 5) is 11.6. The summed E-state index contributed by atoms with van der Waals surface area (Å²) in [7, 11) is 0. The van der Waals surface area contributed by atoms with Crippen molar-refractivity contribution in [1.82, 2.24) is 5.43 Å². The second-order valence-electron chi connectivity index (χ2n) is 4.37. The molecule has 0 aliphatic rings. The van der Waals surface area contributed by atoms with Crippen molar-refractivity contribution in [2.75, 3.05) is 5.43 Å². The van der Waals surface area contributed by atoms with Crippen LogP contribution in [0, 0.1) is 12.7 Å². The first-order valence-corrected chi connectivity index (χ1v) is 6.20. The first-order valence-electron chi connectivity index (χ1n) is 6.20. The number of hydrazine groups is 1. The van der Waals surface area contributed by atoms with Gasteiger partial charge in [0.2, 0.25) is 0 Å². The third-order valence-electron chi connectivity index (χ3n) is 2.68. The van der Waals surface area contributed by atoms with E-state index in [1.807, 2.05) is 31.2 Å². The summed E-state index contributed by atoms with van der Waals surface area (Å²) in [5.41, 5.74) is 7.94. The lowest BCUT2D eigenvalue weighted by molar-refractivity contribution is -0.115. The molecule has 0 aromatic heterocycles. The van der Waals surface area contributed by atoms with Gasteiger partial charge >= 0.3 is 0 Å². The van der Waals surface area contributed by atoms with Crippen LogP contribution in [-0.2, 0) is 4.79 Å². The zero-order chi connectivity index (χ0) is 14.4. The van der Waals surface area contributed by atoms with Gasteiger partial charge in [0, 0.05) is 6.08 Å². The van der Waals surface area contributed by atoms with Gasteiger partial charge in [-0.2, -0.15) is 0 Å². The Hall–Kier alpha value is -2.62. The van der Waals surface area contributed by atoms with Gasteiger partial charge in [-0.3, -0.25) is 15.6 Å². The van der Waals surface area contributed by atoms with Crippen molar-refractivity contribution in [3.8, 4) is 0 Å². The number of anilines is 1. The second-order valence-corrected chi connectivity index (χ2v) is 4.37. The van der Waals surface area contributed by atoms with E-state index in [4.69, 9.17) is 0 Å². The number of carbonyl (C=O) groups is 1. The van der Waals surface area contributed by atoms with Crippen molar-refractivity contribution in [2.24, 2.45) is 0 Å². The molecule has 2 aromatic rings. The molecule has 0 unspecified atom stereocenters. The number of nitrogens with one attached hydrogen (secondary N) is 2. The Balaban J connectivity index is 1.86. The van der Waals surface area contributed by atoms with Crippen LogP contribution in [0.3, 0.4) is 0 Å². The molecule has 0 saturated carbocycles. The minimum atomic E-state index is -0.318. The van der Waals surface area contributed by atoms with Crippen LogP contribution in [0.15, 0.2) is 54.6 Å². The van der Waals surface area contributed by atoms with Crippen LogP contribution in [0.2, 0.25) is 0 Å². The summed E-state index contributed by atoms with van der Waals surface area (Å²) in [5.74, 6) is -0.601. The highest BCUT2D eigenvalue weighted by Crippen LogP contribution is 2.07. The minimum Gasteiger partial charge on any atom is -0.298 e. The SMILES string of the molecule is Cc1ccc(/C=C/C(=O)NNc2ccc(F)cc2)cc1. The number of carbonyl (C=O) groups excluding carboxylic acids is 1. The standard InChI is InChI=1S/C16H15FN2O/c1-12-2-4-13(5-3-12)6-11-16(20)19-18-15-9-7-14(17)8-10-15/h2-11,18H,1H3,(H,19,20)/b11-6+. The van der Waals surface area contributed by atoms with Crippen LogP contribution in [0.25, 0.3) is 6.08 Å². The summed E-state index contributed by atoms with van der Waals surface area (Å²) < 4.78 is 12.7. The number of hydrogen-bond donors (Lipinski definition) is 2. The molecule has 0 heterocycles. The van der Waals surface area contributed by atoms with Gasteiger partial charge in [0.1, 0.15) is 5.82 Å². The Morgan fingerprint density at radius 1 is 1.05 bits per heavy atom. The van der Waals surface area contributed by atoms with E-state index in [-0.39, 0.29) is 11.7 Å². The van der Waals surface area contributed by atoms with E-state index in [9.17, 15) is 9.18 Å². The van der Waals surface area contributed by atoms with Gasteiger partial charge in [-0.15, -0.1) is 0 Å². The third kappa shape index (κ3) is 4.24. The molecule has 0 fully saturated rings. The van der Waals surface area contributed by atoms with E-state index in [2.05, 4.69) is 10.9 Å². The molecule has 1 amide bonds. The topological polar surface area (TPSA) is 41.1 Å². The van der Waals surface area contributed by atoms with Gasteiger partial charge in [-0.25, -0.2) is 4.39 Å². The summed E-state index contributed by atoms with van der Waals surface area (Å²) in [6, 6.07) is 13.5. The molecule has 4 heteroatoms. The maximum absolute atomic E-state index is 12.7. The van der Waals surface area contributed by atoms with Crippen LogP contribution in [-0.4, -0.2) is 5.91 Å². The summed E-state index contributed by atoms with van der Waals surface area (Å²) in [6.07, 6.45) is 3.16. The summed E-state index contributed by atoms with van der Waals surface area (Å²) in [6.45, 7) is 2.01. The highest BCUT2D eigenvalue weighted by atomic mass is 19.1. The van der Waals surface area contributed by atoms with Gasteiger partial charge in [0.05, 0.1) is 5.69 Å². The molecule has 102 valence electrons. The van der Waals surface area contributed by atoms with E-state index >= 15 is 0 Å². The molecule has 0 aliphatic heterocycles. The quantitative estimate of drug-likeness (QED) is 0.661. The molecule has 2 rings (SSSR count). The van der Waals surface area contributed by atoms with Gasteiger partial charge in [-0.1, -0.05) is 29.8 Å². The lowest BCUT2D eigenvalue weighted by atomic mass is 10.1. The smallest absolute Gasteiger partial charge is 0.262 e. The van der Waals surface area contributed by atoms with E-state index < -0.39 is 0 Å². The number of halogens is 1. The molecule has 0 radical (unpaired) electrons. The zero-order valence-corrected chi connectivity index (χ0v) is 11.1. The monoisotopic (exact) mass is 270 g/mol. The predicted octanol–water partition coefficient (Wildman–Crippen LogP) is 3.29. The van der Waals surface area contributed by atoms with Crippen LogP contribution in [0.4, 0.5) is 10.1 Å². The Labute approximate surface area is 117 Å². The van der Waals surface area contributed by atoms with E-state index in [0.717, 1.165) is 5.56 Å². The molecular weight excluding hydrogens is 255 g/mol. The van der Waals surface area contributed by atoms with E-state index in [0.29, 0.717) is 5.69 Å². The average molecular weight is 270 g/mol. The largest absolute Gasteiger partial charge is 0.298 e. The normalized spacial score (nSPS) is 10.5. The highest BCUT2D eigenvalue weighted by molar-refractivity contribution is 5.92. The van der Waals surface area contributed by atoms with Crippen LogP contribution >= 0.6 is 0 Å².